The summed E-state index contributed by atoms with van der Waals surface area (Å²) in [7, 11) is 0. The van der Waals surface area contributed by atoms with E-state index in [0.29, 0.717) is 22.9 Å². The molecule has 0 aliphatic carbocycles. The third-order valence-corrected chi connectivity index (χ3v) is 3.12. The molecule has 6 nitrogen and oxygen atoms in total. The van der Waals surface area contributed by atoms with Crippen molar-refractivity contribution < 1.29 is 4.79 Å². The fraction of sp³-hybridized carbons (Fsp3) is 0. The number of nitrogen functional groups attached to an aromatic ring is 1. The largest absolute Gasteiger partial charge is 0.399 e. The van der Waals surface area contributed by atoms with Gasteiger partial charge in [-0.15, -0.1) is 0 Å². The minimum absolute atomic E-state index is 0.237. The van der Waals surface area contributed by atoms with Gasteiger partial charge in [0.25, 0.3) is 5.91 Å². The first-order chi connectivity index (χ1) is 11.2. The molecule has 0 aliphatic rings. The predicted octanol–water partition coefficient (Wildman–Crippen LogP) is 3.05. The number of carbonyl (C=O) groups excluding carboxylic acids is 1. The molecule has 0 spiro atoms. The van der Waals surface area contributed by atoms with Crippen LogP contribution < -0.4 is 16.4 Å². The van der Waals surface area contributed by atoms with Crippen molar-refractivity contribution in [3.8, 4) is 0 Å². The second-order valence-corrected chi connectivity index (χ2v) is 4.85. The summed E-state index contributed by atoms with van der Waals surface area (Å²) in [5, 5.41) is 5.91. The smallest absolute Gasteiger partial charge is 0.256 e. The van der Waals surface area contributed by atoms with Crippen molar-refractivity contribution in [1.29, 1.82) is 0 Å². The molecule has 0 radical (unpaired) electrons. The molecule has 6 heteroatoms. The molecule has 3 rings (SSSR count). The number of rotatable bonds is 4. The molecular weight excluding hydrogens is 290 g/mol. The van der Waals surface area contributed by atoms with Gasteiger partial charge in [-0.25, -0.2) is 4.98 Å². The van der Waals surface area contributed by atoms with Crippen LogP contribution in [-0.2, 0) is 0 Å². The topological polar surface area (TPSA) is 92.9 Å². The molecule has 114 valence electrons. The first-order valence-corrected chi connectivity index (χ1v) is 7.02. The van der Waals surface area contributed by atoms with Gasteiger partial charge in [-0.05, 0) is 48.5 Å². The van der Waals surface area contributed by atoms with Gasteiger partial charge in [0.1, 0.15) is 11.6 Å². The summed E-state index contributed by atoms with van der Waals surface area (Å²) >= 11 is 0. The van der Waals surface area contributed by atoms with Crippen LogP contribution in [0.2, 0.25) is 0 Å². The van der Waals surface area contributed by atoms with Crippen LogP contribution in [0.5, 0.6) is 0 Å². The molecule has 4 N–H and O–H groups in total. The second-order valence-electron chi connectivity index (χ2n) is 4.85. The van der Waals surface area contributed by atoms with Crippen LogP contribution in [0.25, 0.3) is 0 Å². The van der Waals surface area contributed by atoms with E-state index >= 15 is 0 Å². The minimum Gasteiger partial charge on any atom is -0.399 e. The number of benzene rings is 1. The van der Waals surface area contributed by atoms with E-state index in [4.69, 9.17) is 5.73 Å². The number of nitrogens with zero attached hydrogens (tertiary/aromatic N) is 2. The van der Waals surface area contributed by atoms with Crippen LogP contribution in [0.4, 0.5) is 23.0 Å². The maximum atomic E-state index is 12.2. The van der Waals surface area contributed by atoms with Gasteiger partial charge < -0.3 is 16.4 Å². The normalized spacial score (nSPS) is 10.1. The van der Waals surface area contributed by atoms with E-state index in [0.717, 1.165) is 5.69 Å². The van der Waals surface area contributed by atoms with E-state index in [1.54, 1.807) is 42.7 Å². The highest BCUT2D eigenvalue weighted by Crippen LogP contribution is 2.16. The van der Waals surface area contributed by atoms with E-state index in [1.807, 2.05) is 24.3 Å². The molecule has 2 heterocycles. The van der Waals surface area contributed by atoms with Gasteiger partial charge in [0.05, 0.1) is 0 Å². The maximum Gasteiger partial charge on any atom is 0.256 e. The van der Waals surface area contributed by atoms with Crippen LogP contribution in [0.1, 0.15) is 10.4 Å². The lowest BCUT2D eigenvalue weighted by Crippen LogP contribution is -2.13. The highest BCUT2D eigenvalue weighted by molar-refractivity contribution is 6.04. The van der Waals surface area contributed by atoms with E-state index in [-0.39, 0.29) is 5.91 Å². The van der Waals surface area contributed by atoms with E-state index < -0.39 is 0 Å². The number of hydrogen-bond donors (Lipinski definition) is 3. The Balaban J connectivity index is 1.72. The molecule has 0 unspecified atom stereocenters. The second kappa shape index (κ2) is 6.57. The Kier molecular flexibility index (Phi) is 4.15. The van der Waals surface area contributed by atoms with Gasteiger partial charge in [0.15, 0.2) is 0 Å². The third kappa shape index (κ3) is 3.82. The Morgan fingerprint density at radius 3 is 2.35 bits per heavy atom. The molecule has 0 saturated heterocycles. The third-order valence-electron chi connectivity index (χ3n) is 3.12. The average Bonchev–Trinajstić information content (AvgIpc) is 2.57. The Labute approximate surface area is 133 Å². The number of hydrogen-bond acceptors (Lipinski definition) is 5. The van der Waals surface area contributed by atoms with Crippen LogP contribution >= 0.6 is 0 Å². The SMILES string of the molecule is Nc1ccc(C(=O)Nc2cccc(Nc3ccncc3)n2)cc1. The van der Waals surface area contributed by atoms with Crippen LogP contribution in [0, 0.1) is 0 Å². The van der Waals surface area contributed by atoms with Crippen molar-refractivity contribution in [2.45, 2.75) is 0 Å². The monoisotopic (exact) mass is 305 g/mol. The molecule has 3 aromatic rings. The number of carbonyl (C=O) groups is 1. The molecule has 0 atom stereocenters. The highest BCUT2D eigenvalue weighted by Gasteiger charge is 2.07. The van der Waals surface area contributed by atoms with E-state index in [2.05, 4.69) is 20.6 Å². The number of amides is 1. The van der Waals surface area contributed by atoms with Crippen molar-refractivity contribution in [1.82, 2.24) is 9.97 Å². The maximum absolute atomic E-state index is 12.2. The molecule has 0 aliphatic heterocycles. The van der Waals surface area contributed by atoms with E-state index in [1.165, 1.54) is 0 Å². The Morgan fingerprint density at radius 1 is 0.913 bits per heavy atom. The summed E-state index contributed by atoms with van der Waals surface area (Å²) in [4.78, 5) is 20.5. The summed E-state index contributed by atoms with van der Waals surface area (Å²) in [5.41, 5.74) is 7.62. The number of nitrogens with two attached hydrogens (primary N) is 1. The summed E-state index contributed by atoms with van der Waals surface area (Å²) in [6, 6.07) is 15.7. The number of nitrogens with one attached hydrogen (secondary N) is 2. The minimum atomic E-state index is -0.237. The van der Waals surface area contributed by atoms with Crippen molar-refractivity contribution in [3.05, 3.63) is 72.6 Å². The summed E-state index contributed by atoms with van der Waals surface area (Å²) in [6.07, 6.45) is 3.38. The van der Waals surface area contributed by atoms with Gasteiger partial charge in [-0.3, -0.25) is 9.78 Å². The Bertz CT molecular complexity index is 803. The fourth-order valence-electron chi connectivity index (χ4n) is 1.98. The van der Waals surface area contributed by atoms with Gasteiger partial charge in [-0.1, -0.05) is 6.07 Å². The quantitative estimate of drug-likeness (QED) is 0.644. The summed E-state index contributed by atoms with van der Waals surface area (Å²) < 4.78 is 0. The van der Waals surface area contributed by atoms with Gasteiger partial charge in [0.2, 0.25) is 0 Å². The van der Waals surface area contributed by atoms with Gasteiger partial charge in [-0.2, -0.15) is 0 Å². The zero-order valence-corrected chi connectivity index (χ0v) is 12.2. The number of anilines is 4. The van der Waals surface area contributed by atoms with Crippen LogP contribution in [0.3, 0.4) is 0 Å². The van der Waals surface area contributed by atoms with Crippen LogP contribution in [-0.4, -0.2) is 15.9 Å². The molecular formula is C17H15N5O. The lowest BCUT2D eigenvalue weighted by molar-refractivity contribution is 0.102. The Morgan fingerprint density at radius 2 is 1.61 bits per heavy atom. The number of aromatic nitrogens is 2. The molecule has 0 bridgehead atoms. The first-order valence-electron chi connectivity index (χ1n) is 7.02. The van der Waals surface area contributed by atoms with Gasteiger partial charge >= 0.3 is 0 Å². The van der Waals surface area contributed by atoms with Crippen LogP contribution in [0.15, 0.2) is 67.0 Å². The first kappa shape index (κ1) is 14.5. The predicted molar refractivity (Wildman–Crippen MR) is 90.6 cm³/mol. The van der Waals surface area contributed by atoms with Crippen molar-refractivity contribution in [2.24, 2.45) is 0 Å². The zero-order valence-electron chi connectivity index (χ0n) is 12.2. The van der Waals surface area contributed by atoms with E-state index in [9.17, 15) is 4.79 Å². The molecule has 23 heavy (non-hydrogen) atoms. The molecule has 0 saturated carbocycles. The lowest BCUT2D eigenvalue weighted by Gasteiger charge is -2.08. The van der Waals surface area contributed by atoms with Gasteiger partial charge in [0, 0.05) is 29.3 Å². The fourth-order valence-corrected chi connectivity index (χ4v) is 1.98. The Hall–Kier alpha value is -3.41. The summed E-state index contributed by atoms with van der Waals surface area (Å²) in [5.74, 6) is 0.857. The zero-order chi connectivity index (χ0) is 16.1. The lowest BCUT2D eigenvalue weighted by atomic mass is 10.2. The van der Waals surface area contributed by atoms with Crippen molar-refractivity contribution >= 4 is 28.9 Å². The number of pyridine rings is 2. The molecule has 1 aromatic carbocycles. The molecule has 2 aromatic heterocycles. The highest BCUT2D eigenvalue weighted by atomic mass is 16.1. The molecule has 1 amide bonds. The summed E-state index contributed by atoms with van der Waals surface area (Å²) in [6.45, 7) is 0. The molecule has 0 fully saturated rings. The van der Waals surface area contributed by atoms with Crippen molar-refractivity contribution in [3.63, 3.8) is 0 Å². The average molecular weight is 305 g/mol. The standard InChI is InChI=1S/C17H15N5O/c18-13-6-4-12(5-7-13)17(23)22-16-3-1-2-15(21-16)20-14-8-10-19-11-9-14/h1-11H,18H2,(H2,19,20,21,22,23). The van der Waals surface area contributed by atoms with Crippen molar-refractivity contribution in [2.75, 3.05) is 16.4 Å².